The Bertz CT molecular complexity index is 465. The van der Waals surface area contributed by atoms with Crippen LogP contribution >= 0.6 is 0 Å². The molecular formula is C12H14O2S. The van der Waals surface area contributed by atoms with Crippen LogP contribution in [0.2, 0.25) is 0 Å². The summed E-state index contributed by atoms with van der Waals surface area (Å²) in [6.45, 7) is 3.76. The van der Waals surface area contributed by atoms with Crippen LogP contribution in [0, 0.1) is 6.92 Å². The third kappa shape index (κ3) is 3.36. The van der Waals surface area contributed by atoms with E-state index < -0.39 is 9.84 Å². The third-order valence-corrected chi connectivity index (χ3v) is 3.36. The van der Waals surface area contributed by atoms with Crippen LogP contribution in [0.5, 0.6) is 0 Å². The Labute approximate surface area is 90.9 Å². The number of benzene rings is 1. The third-order valence-electron chi connectivity index (χ3n) is 1.91. The molecule has 0 aromatic heterocycles. The van der Waals surface area contributed by atoms with Gasteiger partial charge >= 0.3 is 0 Å². The zero-order chi connectivity index (χ0) is 11.3. The van der Waals surface area contributed by atoms with Crippen molar-refractivity contribution >= 4 is 9.84 Å². The minimum Gasteiger partial charge on any atom is -0.219 e. The monoisotopic (exact) mass is 222 g/mol. The Kier molecular flexibility index (Phi) is 3.86. The number of aryl methyl sites for hydroxylation is 1. The molecule has 1 aromatic carbocycles. The van der Waals surface area contributed by atoms with Crippen LogP contribution in [-0.4, -0.2) is 8.42 Å². The zero-order valence-corrected chi connectivity index (χ0v) is 9.66. The van der Waals surface area contributed by atoms with Gasteiger partial charge in [-0.25, -0.2) is 8.42 Å². The minimum absolute atomic E-state index is 0.328. The molecule has 2 nitrogen and oxygen atoms in total. The van der Waals surface area contributed by atoms with E-state index in [0.717, 1.165) is 5.56 Å². The van der Waals surface area contributed by atoms with Gasteiger partial charge < -0.3 is 0 Å². The van der Waals surface area contributed by atoms with Gasteiger partial charge in [-0.05, 0) is 26.0 Å². The highest BCUT2D eigenvalue weighted by Gasteiger charge is 2.08. The molecule has 0 bridgehead atoms. The number of rotatable bonds is 3. The number of sulfone groups is 1. The number of hydrogen-bond donors (Lipinski definition) is 0. The summed E-state index contributed by atoms with van der Waals surface area (Å²) in [5.41, 5.74) is 1.05. The van der Waals surface area contributed by atoms with Gasteiger partial charge in [0, 0.05) is 5.41 Å². The maximum Gasteiger partial charge on any atom is 0.199 e. The molecular weight excluding hydrogens is 208 g/mol. The second-order valence-corrected chi connectivity index (χ2v) is 5.05. The van der Waals surface area contributed by atoms with Gasteiger partial charge in [0.1, 0.15) is 0 Å². The van der Waals surface area contributed by atoms with E-state index in [4.69, 9.17) is 0 Å². The van der Waals surface area contributed by atoms with Gasteiger partial charge in [0.15, 0.2) is 9.84 Å². The molecule has 0 aliphatic carbocycles. The fourth-order valence-electron chi connectivity index (χ4n) is 1.07. The normalized spacial score (nSPS) is 12.7. The van der Waals surface area contributed by atoms with Crippen LogP contribution in [0.1, 0.15) is 12.5 Å². The molecule has 0 atom stereocenters. The molecule has 0 saturated carbocycles. The van der Waals surface area contributed by atoms with Crippen molar-refractivity contribution in [3.05, 3.63) is 53.5 Å². The molecule has 0 aliphatic heterocycles. The summed E-state index contributed by atoms with van der Waals surface area (Å²) in [5.74, 6) is 0. The lowest BCUT2D eigenvalue weighted by Crippen LogP contribution is -1.95. The lowest BCUT2D eigenvalue weighted by Gasteiger charge is -1.98. The quantitative estimate of drug-likeness (QED) is 0.737. The summed E-state index contributed by atoms with van der Waals surface area (Å²) in [4.78, 5) is 0.328. The summed E-state index contributed by atoms with van der Waals surface area (Å²) in [6, 6.07) is 6.81. The SMILES string of the molecule is CC=CC=CS(=O)(=O)c1ccc(C)cc1. The van der Waals surface area contributed by atoms with Crippen molar-refractivity contribution in [3.8, 4) is 0 Å². The average molecular weight is 222 g/mol. The Hall–Kier alpha value is -1.35. The molecule has 0 unspecified atom stereocenters. The van der Waals surface area contributed by atoms with E-state index in [1.165, 1.54) is 11.5 Å². The molecule has 0 heterocycles. The predicted octanol–water partition coefficient (Wildman–Crippen LogP) is 2.86. The van der Waals surface area contributed by atoms with Gasteiger partial charge in [-0.2, -0.15) is 0 Å². The van der Waals surface area contributed by atoms with Crippen LogP contribution in [0.15, 0.2) is 52.8 Å². The molecule has 0 amide bonds. The van der Waals surface area contributed by atoms with Crippen molar-refractivity contribution in [1.82, 2.24) is 0 Å². The summed E-state index contributed by atoms with van der Waals surface area (Å²) in [5, 5.41) is 1.21. The molecule has 0 N–H and O–H groups in total. The largest absolute Gasteiger partial charge is 0.219 e. The second-order valence-electron chi connectivity index (χ2n) is 3.21. The fraction of sp³-hybridized carbons (Fsp3) is 0.167. The Morgan fingerprint density at radius 3 is 2.20 bits per heavy atom. The summed E-state index contributed by atoms with van der Waals surface area (Å²) in [6.07, 6.45) is 4.99. The maximum atomic E-state index is 11.7. The van der Waals surface area contributed by atoms with E-state index in [1.807, 2.05) is 13.8 Å². The van der Waals surface area contributed by atoms with Crippen molar-refractivity contribution in [2.75, 3.05) is 0 Å². The van der Waals surface area contributed by atoms with E-state index in [-0.39, 0.29) is 0 Å². The highest BCUT2D eigenvalue weighted by Crippen LogP contribution is 2.12. The van der Waals surface area contributed by atoms with Crippen LogP contribution < -0.4 is 0 Å². The maximum absolute atomic E-state index is 11.7. The molecule has 0 spiro atoms. The van der Waals surface area contributed by atoms with E-state index in [0.29, 0.717) is 4.90 Å². The van der Waals surface area contributed by atoms with Crippen molar-refractivity contribution in [2.24, 2.45) is 0 Å². The van der Waals surface area contributed by atoms with Crippen molar-refractivity contribution in [2.45, 2.75) is 18.7 Å². The molecule has 15 heavy (non-hydrogen) atoms. The standard InChI is InChI=1S/C12H14O2S/c1-3-4-5-10-15(13,14)12-8-6-11(2)7-9-12/h3-10H,1-2H3. The average Bonchev–Trinajstić information content (AvgIpc) is 2.18. The van der Waals surface area contributed by atoms with Gasteiger partial charge in [0.05, 0.1) is 4.90 Å². The van der Waals surface area contributed by atoms with Crippen molar-refractivity contribution < 1.29 is 8.42 Å². The first-order valence-corrected chi connectivity index (χ1v) is 6.22. The minimum atomic E-state index is -3.28. The van der Waals surface area contributed by atoms with Gasteiger partial charge in [0.25, 0.3) is 0 Å². The zero-order valence-electron chi connectivity index (χ0n) is 8.84. The fourth-order valence-corrected chi connectivity index (χ4v) is 2.04. The molecule has 0 saturated heterocycles. The summed E-state index contributed by atoms with van der Waals surface area (Å²) >= 11 is 0. The van der Waals surface area contributed by atoms with Gasteiger partial charge in [0.2, 0.25) is 0 Å². The summed E-state index contributed by atoms with van der Waals surface area (Å²) in [7, 11) is -3.28. The van der Waals surface area contributed by atoms with Crippen LogP contribution in [0.4, 0.5) is 0 Å². The highest BCUT2D eigenvalue weighted by molar-refractivity contribution is 7.94. The van der Waals surface area contributed by atoms with Gasteiger partial charge in [-0.3, -0.25) is 0 Å². The first-order chi connectivity index (χ1) is 7.06. The summed E-state index contributed by atoms with van der Waals surface area (Å²) < 4.78 is 23.4. The van der Waals surface area contributed by atoms with Crippen LogP contribution in [-0.2, 0) is 9.84 Å². The molecule has 3 heteroatoms. The van der Waals surface area contributed by atoms with Gasteiger partial charge in [-0.1, -0.05) is 35.9 Å². The second kappa shape index (κ2) is 4.94. The molecule has 1 rings (SSSR count). The predicted molar refractivity (Wildman–Crippen MR) is 62.3 cm³/mol. The van der Waals surface area contributed by atoms with E-state index in [9.17, 15) is 8.42 Å². The lowest BCUT2D eigenvalue weighted by atomic mass is 10.2. The lowest BCUT2D eigenvalue weighted by molar-refractivity contribution is 0.604. The Morgan fingerprint density at radius 1 is 1.07 bits per heavy atom. The molecule has 1 aromatic rings. The topological polar surface area (TPSA) is 34.1 Å². The van der Waals surface area contributed by atoms with Crippen LogP contribution in [0.25, 0.3) is 0 Å². The first kappa shape index (κ1) is 11.7. The molecule has 0 radical (unpaired) electrons. The van der Waals surface area contributed by atoms with Crippen molar-refractivity contribution in [3.63, 3.8) is 0 Å². The molecule has 0 fully saturated rings. The number of allylic oxidation sites excluding steroid dienone is 3. The van der Waals surface area contributed by atoms with Crippen LogP contribution in [0.3, 0.4) is 0 Å². The smallest absolute Gasteiger partial charge is 0.199 e. The Balaban J connectivity index is 3.01. The number of hydrogen-bond acceptors (Lipinski definition) is 2. The van der Waals surface area contributed by atoms with Gasteiger partial charge in [-0.15, -0.1) is 0 Å². The highest BCUT2D eigenvalue weighted by atomic mass is 32.2. The molecule has 0 aliphatic rings. The molecule has 80 valence electrons. The van der Waals surface area contributed by atoms with Crippen molar-refractivity contribution in [1.29, 1.82) is 0 Å². The van der Waals surface area contributed by atoms with E-state index in [1.54, 1.807) is 36.4 Å². The van der Waals surface area contributed by atoms with E-state index in [2.05, 4.69) is 0 Å². The van der Waals surface area contributed by atoms with E-state index >= 15 is 0 Å². The first-order valence-electron chi connectivity index (χ1n) is 4.67. The Morgan fingerprint density at radius 2 is 1.67 bits per heavy atom.